The molecule has 0 spiro atoms. The Morgan fingerprint density at radius 2 is 1.86 bits per heavy atom. The Bertz CT molecular complexity index is 957. The molecule has 0 unspecified atom stereocenters. The Kier molecular flexibility index (Phi) is 5.06. The van der Waals surface area contributed by atoms with Crippen LogP contribution in [0.5, 0.6) is 5.88 Å². The number of aromatic nitrogens is 4. The number of piperidine rings is 1. The number of carbonyl (C=O) groups is 1. The van der Waals surface area contributed by atoms with E-state index in [1.165, 1.54) is 4.80 Å². The normalized spacial score (nSPS) is 19.4. The van der Waals surface area contributed by atoms with Gasteiger partial charge in [0.2, 0.25) is 5.88 Å². The summed E-state index contributed by atoms with van der Waals surface area (Å²) in [7, 11) is 0. The van der Waals surface area contributed by atoms with Crippen molar-refractivity contribution < 1.29 is 9.53 Å². The number of amides is 1. The second-order valence-corrected chi connectivity index (χ2v) is 7.08. The summed E-state index contributed by atoms with van der Waals surface area (Å²) in [4.78, 5) is 21.1. The van der Waals surface area contributed by atoms with E-state index in [9.17, 15) is 4.79 Å². The molecule has 1 saturated heterocycles. The Balaban J connectivity index is 1.56. The third kappa shape index (κ3) is 3.60. The summed E-state index contributed by atoms with van der Waals surface area (Å²) in [6, 6.07) is 11.4. The van der Waals surface area contributed by atoms with Gasteiger partial charge in [-0.1, -0.05) is 18.2 Å². The summed E-state index contributed by atoms with van der Waals surface area (Å²) in [5.74, 6) is 0.599. The van der Waals surface area contributed by atoms with Gasteiger partial charge in [-0.05, 0) is 44.9 Å². The smallest absolute Gasteiger partial charge is 0.256 e. The predicted molar refractivity (Wildman–Crippen MR) is 104 cm³/mol. The molecule has 0 N–H and O–H groups in total. The molecule has 1 fully saturated rings. The maximum atomic E-state index is 13.4. The minimum absolute atomic E-state index is 0.0357. The van der Waals surface area contributed by atoms with Crippen LogP contribution in [0.15, 0.2) is 55.0 Å². The lowest BCUT2D eigenvalue weighted by Crippen LogP contribution is -2.49. The van der Waals surface area contributed by atoms with Gasteiger partial charge >= 0.3 is 0 Å². The molecule has 7 nitrogen and oxygen atoms in total. The van der Waals surface area contributed by atoms with Crippen molar-refractivity contribution in [3.63, 3.8) is 0 Å². The Morgan fingerprint density at radius 1 is 1.07 bits per heavy atom. The van der Waals surface area contributed by atoms with E-state index >= 15 is 0 Å². The molecule has 0 aliphatic carbocycles. The first-order valence-electron chi connectivity index (χ1n) is 9.48. The molecule has 144 valence electrons. The molecule has 3 aromatic rings. The van der Waals surface area contributed by atoms with E-state index in [0.29, 0.717) is 23.7 Å². The molecule has 1 aliphatic rings. The zero-order chi connectivity index (χ0) is 19.5. The maximum absolute atomic E-state index is 13.4. The number of aryl methyl sites for hydroxylation is 1. The average molecular weight is 377 g/mol. The molecule has 4 rings (SSSR count). The minimum Gasteiger partial charge on any atom is -0.472 e. The molecule has 2 atom stereocenters. The van der Waals surface area contributed by atoms with Gasteiger partial charge in [-0.3, -0.25) is 4.79 Å². The summed E-state index contributed by atoms with van der Waals surface area (Å²) < 4.78 is 6.12. The number of likely N-dealkylation sites (tertiary alicyclic amines) is 1. The number of para-hydroxylation sites is 1. The van der Waals surface area contributed by atoms with Crippen LogP contribution in [-0.2, 0) is 0 Å². The van der Waals surface area contributed by atoms with Crippen LogP contribution < -0.4 is 4.74 Å². The maximum Gasteiger partial charge on any atom is 0.256 e. The average Bonchev–Trinajstić information content (AvgIpc) is 3.25. The van der Waals surface area contributed by atoms with Gasteiger partial charge in [-0.25, -0.2) is 4.98 Å². The molecule has 7 heteroatoms. The lowest BCUT2D eigenvalue weighted by molar-refractivity contribution is 0.0371. The number of nitrogens with zero attached hydrogens (tertiary/aromatic N) is 5. The quantitative estimate of drug-likeness (QED) is 0.699. The summed E-state index contributed by atoms with van der Waals surface area (Å²) in [6.45, 7) is 4.58. The number of benzene rings is 1. The molecule has 1 amide bonds. The summed E-state index contributed by atoms with van der Waals surface area (Å²) >= 11 is 0. The van der Waals surface area contributed by atoms with E-state index in [-0.39, 0.29) is 18.1 Å². The van der Waals surface area contributed by atoms with Crippen LogP contribution in [0.3, 0.4) is 0 Å². The first-order valence-corrected chi connectivity index (χ1v) is 9.48. The Morgan fingerprint density at radius 3 is 2.64 bits per heavy atom. The molecular weight excluding hydrogens is 354 g/mol. The largest absolute Gasteiger partial charge is 0.472 e. The fourth-order valence-electron chi connectivity index (χ4n) is 3.53. The topological polar surface area (TPSA) is 73.1 Å². The monoisotopic (exact) mass is 377 g/mol. The van der Waals surface area contributed by atoms with Gasteiger partial charge in [0.1, 0.15) is 6.10 Å². The number of hydrogen-bond acceptors (Lipinski definition) is 5. The fourth-order valence-corrected chi connectivity index (χ4v) is 3.53. The van der Waals surface area contributed by atoms with Crippen molar-refractivity contribution in [2.24, 2.45) is 0 Å². The number of hydrogen-bond donors (Lipinski definition) is 0. The van der Waals surface area contributed by atoms with E-state index in [1.54, 1.807) is 18.6 Å². The Labute approximate surface area is 164 Å². The van der Waals surface area contributed by atoms with E-state index in [0.717, 1.165) is 18.4 Å². The van der Waals surface area contributed by atoms with Crippen molar-refractivity contribution in [1.29, 1.82) is 0 Å². The highest BCUT2D eigenvalue weighted by Gasteiger charge is 2.32. The van der Waals surface area contributed by atoms with Gasteiger partial charge in [0.25, 0.3) is 5.91 Å². The van der Waals surface area contributed by atoms with Crippen LogP contribution in [0.1, 0.15) is 35.7 Å². The predicted octanol–water partition coefficient (Wildman–Crippen LogP) is 3.04. The lowest BCUT2D eigenvalue weighted by atomic mass is 9.99. The van der Waals surface area contributed by atoms with E-state index in [4.69, 9.17) is 4.74 Å². The van der Waals surface area contributed by atoms with Gasteiger partial charge in [0, 0.05) is 17.8 Å². The highest BCUT2D eigenvalue weighted by Crippen LogP contribution is 2.25. The molecule has 0 radical (unpaired) electrons. The minimum atomic E-state index is -0.0799. The van der Waals surface area contributed by atoms with Gasteiger partial charge in [0.15, 0.2) is 0 Å². The Hall–Kier alpha value is -3.22. The summed E-state index contributed by atoms with van der Waals surface area (Å²) in [5.41, 5.74) is 2.25. The van der Waals surface area contributed by atoms with Crippen molar-refractivity contribution >= 4 is 5.91 Å². The molecule has 1 aliphatic heterocycles. The highest BCUT2D eigenvalue weighted by atomic mass is 16.5. The van der Waals surface area contributed by atoms with Crippen LogP contribution in [0.2, 0.25) is 0 Å². The molecular formula is C21H23N5O2. The van der Waals surface area contributed by atoms with Gasteiger partial charge in [-0.15, -0.1) is 0 Å². The van der Waals surface area contributed by atoms with Crippen molar-refractivity contribution in [2.75, 3.05) is 6.54 Å². The number of ether oxygens (including phenoxy) is 1. The zero-order valence-corrected chi connectivity index (χ0v) is 16.0. The molecule has 1 aromatic carbocycles. The van der Waals surface area contributed by atoms with E-state index < -0.39 is 0 Å². The molecule has 3 heterocycles. The summed E-state index contributed by atoms with van der Waals surface area (Å²) in [6.07, 6.45) is 6.62. The number of pyridine rings is 1. The van der Waals surface area contributed by atoms with Crippen LogP contribution in [0.25, 0.3) is 5.69 Å². The third-order valence-electron chi connectivity index (χ3n) is 5.11. The number of rotatable bonds is 4. The van der Waals surface area contributed by atoms with Crippen LogP contribution >= 0.6 is 0 Å². The van der Waals surface area contributed by atoms with Crippen LogP contribution in [0.4, 0.5) is 0 Å². The fraction of sp³-hybridized carbons (Fsp3) is 0.333. The van der Waals surface area contributed by atoms with Crippen molar-refractivity contribution in [3.05, 3.63) is 66.1 Å². The van der Waals surface area contributed by atoms with Crippen LogP contribution in [0, 0.1) is 6.92 Å². The highest BCUT2D eigenvalue weighted by molar-refractivity contribution is 5.98. The first kappa shape index (κ1) is 18.2. The standard InChI is InChI=1S/C21H23N5O2/c1-15-6-5-11-22-20(15)28-17-10-9-16(2)25(14-17)21(27)18-7-3-4-8-19(18)26-23-12-13-24-26/h3-8,11-13,16-17H,9-10,14H2,1-2H3/t16-,17-/m1/s1. The number of carbonyl (C=O) groups excluding carboxylic acids is 1. The van der Waals surface area contributed by atoms with E-state index in [2.05, 4.69) is 22.1 Å². The molecule has 28 heavy (non-hydrogen) atoms. The third-order valence-corrected chi connectivity index (χ3v) is 5.11. The van der Waals surface area contributed by atoms with Crippen LogP contribution in [-0.4, -0.2) is 49.5 Å². The first-order chi connectivity index (χ1) is 13.6. The molecule has 2 aromatic heterocycles. The van der Waals surface area contributed by atoms with E-state index in [1.807, 2.05) is 48.2 Å². The summed E-state index contributed by atoms with van der Waals surface area (Å²) in [5, 5.41) is 8.35. The van der Waals surface area contributed by atoms with Gasteiger partial charge < -0.3 is 9.64 Å². The molecule has 0 bridgehead atoms. The molecule has 0 saturated carbocycles. The zero-order valence-electron chi connectivity index (χ0n) is 16.0. The second-order valence-electron chi connectivity index (χ2n) is 7.08. The van der Waals surface area contributed by atoms with Crippen molar-refractivity contribution in [1.82, 2.24) is 24.9 Å². The van der Waals surface area contributed by atoms with Crippen molar-refractivity contribution in [3.8, 4) is 11.6 Å². The van der Waals surface area contributed by atoms with Gasteiger partial charge in [0.05, 0.1) is 30.2 Å². The lowest BCUT2D eigenvalue weighted by Gasteiger charge is -2.38. The van der Waals surface area contributed by atoms with Gasteiger partial charge in [-0.2, -0.15) is 15.0 Å². The van der Waals surface area contributed by atoms with Crippen molar-refractivity contribution in [2.45, 2.75) is 38.8 Å². The SMILES string of the molecule is Cc1cccnc1O[C@@H]1CC[C@@H](C)N(C(=O)c2ccccc2-n2nccn2)C1. The second kappa shape index (κ2) is 7.80.